The number of hydrogen-bond acceptors (Lipinski definition) is 6. The molecule has 0 saturated heterocycles. The van der Waals surface area contributed by atoms with Gasteiger partial charge in [-0.3, -0.25) is 4.57 Å². The molecule has 0 radical (unpaired) electrons. The summed E-state index contributed by atoms with van der Waals surface area (Å²) in [4.78, 5) is 11.7. The molecule has 1 heterocycles. The lowest BCUT2D eigenvalue weighted by Crippen LogP contribution is -2.04. The van der Waals surface area contributed by atoms with E-state index in [1.807, 2.05) is 0 Å². The van der Waals surface area contributed by atoms with Crippen molar-refractivity contribution in [1.82, 2.24) is 0 Å². The van der Waals surface area contributed by atoms with Gasteiger partial charge in [0.1, 0.15) is 11.3 Å². The molecule has 0 N–H and O–H groups in total. The Bertz CT molecular complexity index is 741. The molecular formula is C15H19O6P. The maximum atomic E-state index is 12.7. The van der Waals surface area contributed by atoms with E-state index in [1.54, 1.807) is 39.2 Å². The van der Waals surface area contributed by atoms with E-state index < -0.39 is 13.2 Å². The van der Waals surface area contributed by atoms with Crippen molar-refractivity contribution in [1.29, 1.82) is 0 Å². The first kappa shape index (κ1) is 16.7. The minimum atomic E-state index is -3.31. The Labute approximate surface area is 128 Å². The Morgan fingerprint density at radius 3 is 2.41 bits per heavy atom. The van der Waals surface area contributed by atoms with Crippen LogP contribution in [-0.2, 0) is 19.8 Å². The van der Waals surface area contributed by atoms with Gasteiger partial charge in [0.25, 0.3) is 0 Å². The second-order valence-corrected chi connectivity index (χ2v) is 6.61. The third-order valence-electron chi connectivity index (χ3n) is 3.05. The van der Waals surface area contributed by atoms with Crippen LogP contribution in [0.25, 0.3) is 11.0 Å². The van der Waals surface area contributed by atoms with E-state index >= 15 is 0 Å². The van der Waals surface area contributed by atoms with Gasteiger partial charge in [0.15, 0.2) is 0 Å². The molecule has 0 aliphatic heterocycles. The first-order chi connectivity index (χ1) is 10.5. The summed E-state index contributed by atoms with van der Waals surface area (Å²) >= 11 is 0. The van der Waals surface area contributed by atoms with Crippen LogP contribution < -0.4 is 10.4 Å². The second kappa shape index (κ2) is 7.09. The van der Waals surface area contributed by atoms with E-state index in [-0.39, 0.29) is 19.4 Å². The third-order valence-corrected chi connectivity index (χ3v) is 5.08. The summed E-state index contributed by atoms with van der Waals surface area (Å²) in [7, 11) is -1.76. The number of hydrogen-bond donors (Lipinski definition) is 0. The van der Waals surface area contributed by atoms with Gasteiger partial charge in [0.2, 0.25) is 0 Å². The summed E-state index contributed by atoms with van der Waals surface area (Å²) in [6.45, 7) is 4.01. The molecule has 0 saturated carbocycles. The summed E-state index contributed by atoms with van der Waals surface area (Å²) in [6.07, 6.45) is 0.00392. The van der Waals surface area contributed by atoms with E-state index in [0.29, 0.717) is 22.3 Å². The van der Waals surface area contributed by atoms with E-state index in [0.717, 1.165) is 0 Å². The van der Waals surface area contributed by atoms with Crippen molar-refractivity contribution in [2.75, 3.05) is 20.3 Å². The van der Waals surface area contributed by atoms with E-state index in [4.69, 9.17) is 18.2 Å². The maximum Gasteiger partial charge on any atom is 0.336 e. The lowest BCUT2D eigenvalue weighted by Gasteiger charge is -2.17. The Morgan fingerprint density at radius 1 is 1.14 bits per heavy atom. The molecule has 1 aromatic carbocycles. The molecule has 0 aliphatic carbocycles. The average Bonchev–Trinajstić information content (AvgIpc) is 2.47. The molecule has 1 aromatic heterocycles. The Kier molecular flexibility index (Phi) is 5.40. The average molecular weight is 326 g/mol. The standard InChI is InChI=1S/C15H19O6P/c1-4-19-22(17,20-5-2)10-11-8-15(16)21-14-7-6-12(18-3)9-13(11)14/h6-9H,4-5,10H2,1-3H3. The SMILES string of the molecule is CCOP(=O)(Cc1cc(=O)oc2ccc(OC)cc12)OCC. The number of ether oxygens (including phenoxy) is 1. The van der Waals surface area contributed by atoms with E-state index in [1.165, 1.54) is 6.07 Å². The predicted molar refractivity (Wildman–Crippen MR) is 83.6 cm³/mol. The molecule has 22 heavy (non-hydrogen) atoms. The van der Waals surface area contributed by atoms with Gasteiger partial charge in [0, 0.05) is 11.5 Å². The highest BCUT2D eigenvalue weighted by atomic mass is 31.2. The quantitative estimate of drug-likeness (QED) is 0.572. The highest BCUT2D eigenvalue weighted by Crippen LogP contribution is 2.51. The minimum absolute atomic E-state index is 0.00392. The lowest BCUT2D eigenvalue weighted by molar-refractivity contribution is 0.219. The minimum Gasteiger partial charge on any atom is -0.497 e. The lowest BCUT2D eigenvalue weighted by atomic mass is 10.1. The zero-order valence-electron chi connectivity index (χ0n) is 12.8. The topological polar surface area (TPSA) is 75.0 Å². The van der Waals surface area contributed by atoms with Crippen LogP contribution >= 0.6 is 7.60 Å². The monoisotopic (exact) mass is 326 g/mol. The summed E-state index contributed by atoms with van der Waals surface area (Å²) in [6, 6.07) is 6.38. The van der Waals surface area contributed by atoms with Gasteiger partial charge < -0.3 is 18.2 Å². The van der Waals surface area contributed by atoms with Crippen LogP contribution in [0.15, 0.2) is 33.5 Å². The number of fused-ring (bicyclic) bond motifs is 1. The van der Waals surface area contributed by atoms with Crippen LogP contribution in [0.3, 0.4) is 0 Å². The van der Waals surface area contributed by atoms with Crippen LogP contribution in [0.5, 0.6) is 5.75 Å². The number of rotatable bonds is 7. The molecule has 0 atom stereocenters. The molecule has 0 amide bonds. The number of benzene rings is 1. The van der Waals surface area contributed by atoms with Gasteiger partial charge in [-0.2, -0.15) is 0 Å². The Morgan fingerprint density at radius 2 is 1.82 bits per heavy atom. The third kappa shape index (κ3) is 3.77. The first-order valence-electron chi connectivity index (χ1n) is 7.00. The summed E-state index contributed by atoms with van der Waals surface area (Å²) in [5.41, 5.74) is 0.449. The maximum absolute atomic E-state index is 12.7. The van der Waals surface area contributed by atoms with Gasteiger partial charge >= 0.3 is 13.2 Å². The van der Waals surface area contributed by atoms with Crippen molar-refractivity contribution in [2.45, 2.75) is 20.0 Å². The van der Waals surface area contributed by atoms with Crippen LogP contribution in [0, 0.1) is 0 Å². The van der Waals surface area contributed by atoms with Gasteiger partial charge in [-0.25, -0.2) is 4.79 Å². The fraction of sp³-hybridized carbons (Fsp3) is 0.400. The molecule has 6 nitrogen and oxygen atoms in total. The smallest absolute Gasteiger partial charge is 0.336 e. The molecular weight excluding hydrogens is 307 g/mol. The van der Waals surface area contributed by atoms with Gasteiger partial charge in [-0.1, -0.05) is 0 Å². The summed E-state index contributed by atoms with van der Waals surface area (Å²) in [5.74, 6) is 0.616. The zero-order chi connectivity index (χ0) is 16.2. The molecule has 0 unspecified atom stereocenters. The summed E-state index contributed by atoms with van der Waals surface area (Å²) < 4.78 is 33.6. The van der Waals surface area contributed by atoms with Crippen molar-refractivity contribution in [3.05, 3.63) is 40.2 Å². The molecule has 2 aromatic rings. The molecule has 7 heteroatoms. The number of methoxy groups -OCH3 is 1. The highest BCUT2D eigenvalue weighted by Gasteiger charge is 2.26. The van der Waals surface area contributed by atoms with Crippen molar-refractivity contribution >= 4 is 18.6 Å². The predicted octanol–water partition coefficient (Wildman–Crippen LogP) is 3.57. The van der Waals surface area contributed by atoms with Crippen molar-refractivity contribution in [3.8, 4) is 5.75 Å². The van der Waals surface area contributed by atoms with Crippen molar-refractivity contribution in [3.63, 3.8) is 0 Å². The zero-order valence-corrected chi connectivity index (χ0v) is 13.7. The first-order valence-corrected chi connectivity index (χ1v) is 8.73. The fourth-order valence-electron chi connectivity index (χ4n) is 2.20. The molecule has 2 rings (SSSR count). The Balaban J connectivity index is 2.53. The van der Waals surface area contributed by atoms with Crippen molar-refractivity contribution in [2.24, 2.45) is 0 Å². The van der Waals surface area contributed by atoms with Crippen LogP contribution in [0.1, 0.15) is 19.4 Å². The molecule has 120 valence electrons. The molecule has 0 spiro atoms. The summed E-state index contributed by atoms with van der Waals surface area (Å²) in [5, 5.41) is 0.651. The molecule has 0 bridgehead atoms. The van der Waals surface area contributed by atoms with Crippen molar-refractivity contribution < 1.29 is 22.8 Å². The van der Waals surface area contributed by atoms with Crippen LogP contribution in [0.4, 0.5) is 0 Å². The van der Waals surface area contributed by atoms with Gasteiger partial charge in [-0.15, -0.1) is 0 Å². The second-order valence-electron chi connectivity index (χ2n) is 4.56. The molecule has 0 aliphatic rings. The van der Waals surface area contributed by atoms with E-state index in [2.05, 4.69) is 0 Å². The fourth-order valence-corrected chi connectivity index (χ4v) is 3.92. The van der Waals surface area contributed by atoms with Crippen LogP contribution in [-0.4, -0.2) is 20.3 Å². The largest absolute Gasteiger partial charge is 0.497 e. The normalized spacial score (nSPS) is 11.8. The van der Waals surface area contributed by atoms with Crippen LogP contribution in [0.2, 0.25) is 0 Å². The van der Waals surface area contributed by atoms with Gasteiger partial charge in [0.05, 0.1) is 26.5 Å². The Hall–Kier alpha value is -1.62. The highest BCUT2D eigenvalue weighted by molar-refractivity contribution is 7.53. The molecule has 0 fully saturated rings. The van der Waals surface area contributed by atoms with E-state index in [9.17, 15) is 9.36 Å². The van der Waals surface area contributed by atoms with Gasteiger partial charge in [-0.05, 0) is 37.6 Å².